The van der Waals surface area contributed by atoms with E-state index < -0.39 is 0 Å². The predicted octanol–water partition coefficient (Wildman–Crippen LogP) is 2.25. The maximum Gasteiger partial charge on any atom is 0.259 e. The van der Waals surface area contributed by atoms with Gasteiger partial charge in [-0.1, -0.05) is 12.1 Å². The van der Waals surface area contributed by atoms with Gasteiger partial charge in [0, 0.05) is 5.38 Å². The highest BCUT2D eigenvalue weighted by atomic mass is 32.1. The largest absolute Gasteiger partial charge is 0.411 e. The summed E-state index contributed by atoms with van der Waals surface area (Å²) in [4.78, 5) is 16.5. The minimum absolute atomic E-state index is 0.274. The third-order valence-corrected chi connectivity index (χ3v) is 3.58. The van der Waals surface area contributed by atoms with Crippen LogP contribution in [0.1, 0.15) is 41.3 Å². The minimum Gasteiger partial charge on any atom is -0.411 e. The number of aromatic nitrogens is 3. The highest BCUT2D eigenvalue weighted by Gasteiger charge is 2.15. The Balaban J connectivity index is 2.22. The van der Waals surface area contributed by atoms with E-state index in [1.807, 2.05) is 6.92 Å². The van der Waals surface area contributed by atoms with Crippen molar-refractivity contribution in [1.29, 1.82) is 0 Å². The Kier molecular flexibility index (Phi) is 4.59. The van der Waals surface area contributed by atoms with Crippen molar-refractivity contribution in [2.45, 2.75) is 27.2 Å². The molecule has 0 aliphatic carbocycles. The molecular formula is C13H15N5O2S. The summed E-state index contributed by atoms with van der Waals surface area (Å²) in [5, 5.41) is 24.6. The highest BCUT2D eigenvalue weighted by Crippen LogP contribution is 2.18. The van der Waals surface area contributed by atoms with Crippen LogP contribution in [0, 0.1) is 6.92 Å². The standard InChI is InChI=1S/C13H15N5O2S/c1-4-10-9(5-7(2)16-17-10)12(19)15-13-14-11(6-21-13)8(3)18-20/h5-6,20H,4H2,1-3H3,(H,14,15,19). The molecule has 0 aliphatic heterocycles. The van der Waals surface area contributed by atoms with Crippen molar-refractivity contribution in [2.75, 3.05) is 5.32 Å². The third-order valence-electron chi connectivity index (χ3n) is 2.82. The Morgan fingerprint density at radius 3 is 2.90 bits per heavy atom. The number of amides is 1. The fraction of sp³-hybridized carbons (Fsp3) is 0.308. The van der Waals surface area contributed by atoms with Crippen LogP contribution < -0.4 is 5.32 Å². The highest BCUT2D eigenvalue weighted by molar-refractivity contribution is 7.14. The SMILES string of the molecule is CCc1nnc(C)cc1C(=O)Nc1nc(C(C)=NO)cs1. The lowest BCUT2D eigenvalue weighted by Crippen LogP contribution is -2.16. The molecule has 0 bridgehead atoms. The first-order valence-electron chi connectivity index (χ1n) is 6.34. The molecule has 0 radical (unpaired) electrons. The molecule has 0 saturated carbocycles. The lowest BCUT2D eigenvalue weighted by molar-refractivity contribution is 0.102. The van der Waals surface area contributed by atoms with Crippen molar-refractivity contribution >= 4 is 28.1 Å². The summed E-state index contributed by atoms with van der Waals surface area (Å²) in [5.41, 5.74) is 2.73. The Labute approximate surface area is 125 Å². The zero-order chi connectivity index (χ0) is 15.4. The van der Waals surface area contributed by atoms with Crippen molar-refractivity contribution in [2.24, 2.45) is 5.16 Å². The number of hydrogen-bond donors (Lipinski definition) is 2. The summed E-state index contributed by atoms with van der Waals surface area (Å²) in [7, 11) is 0. The van der Waals surface area contributed by atoms with Crippen LogP contribution in [0.5, 0.6) is 0 Å². The molecule has 0 aromatic carbocycles. The molecule has 0 unspecified atom stereocenters. The first kappa shape index (κ1) is 15.0. The molecule has 2 N–H and O–H groups in total. The summed E-state index contributed by atoms with van der Waals surface area (Å²) in [6.07, 6.45) is 0.620. The van der Waals surface area contributed by atoms with E-state index in [2.05, 4.69) is 25.7 Å². The van der Waals surface area contributed by atoms with E-state index in [1.165, 1.54) is 11.3 Å². The van der Waals surface area contributed by atoms with E-state index in [4.69, 9.17) is 5.21 Å². The summed E-state index contributed by atoms with van der Waals surface area (Å²) >= 11 is 1.26. The second-order valence-electron chi connectivity index (χ2n) is 4.38. The number of hydrogen-bond acceptors (Lipinski definition) is 7. The molecule has 0 aliphatic rings. The van der Waals surface area contributed by atoms with Gasteiger partial charge in [0.25, 0.3) is 5.91 Å². The fourth-order valence-electron chi connectivity index (χ4n) is 1.68. The molecule has 110 valence electrons. The molecule has 0 fully saturated rings. The first-order chi connectivity index (χ1) is 10.0. The molecule has 2 aromatic rings. The molecule has 0 spiro atoms. The van der Waals surface area contributed by atoms with Crippen LogP contribution in [0.4, 0.5) is 5.13 Å². The summed E-state index contributed by atoms with van der Waals surface area (Å²) in [6, 6.07) is 1.70. The topological polar surface area (TPSA) is 100 Å². The van der Waals surface area contributed by atoms with E-state index in [1.54, 1.807) is 25.3 Å². The van der Waals surface area contributed by atoms with E-state index in [0.717, 1.165) is 0 Å². The molecule has 8 heteroatoms. The minimum atomic E-state index is -0.274. The zero-order valence-electron chi connectivity index (χ0n) is 11.9. The van der Waals surface area contributed by atoms with Crippen molar-refractivity contribution in [3.05, 3.63) is 34.1 Å². The molecule has 7 nitrogen and oxygen atoms in total. The van der Waals surface area contributed by atoms with Gasteiger partial charge in [0.05, 0.1) is 17.0 Å². The van der Waals surface area contributed by atoms with Crippen LogP contribution in [0.3, 0.4) is 0 Å². The van der Waals surface area contributed by atoms with Crippen molar-refractivity contribution in [3.63, 3.8) is 0 Å². The number of aryl methyl sites for hydroxylation is 2. The maximum atomic E-state index is 12.3. The van der Waals surface area contributed by atoms with Gasteiger partial charge >= 0.3 is 0 Å². The Morgan fingerprint density at radius 2 is 2.24 bits per heavy atom. The van der Waals surface area contributed by atoms with E-state index >= 15 is 0 Å². The van der Waals surface area contributed by atoms with E-state index in [9.17, 15) is 4.79 Å². The third kappa shape index (κ3) is 3.40. The van der Waals surface area contributed by atoms with Crippen LogP contribution in [0.2, 0.25) is 0 Å². The quantitative estimate of drug-likeness (QED) is 0.512. The molecule has 1 amide bonds. The van der Waals surface area contributed by atoms with Gasteiger partial charge in [-0.25, -0.2) is 4.98 Å². The number of oxime groups is 1. The van der Waals surface area contributed by atoms with E-state index in [0.29, 0.717) is 39.9 Å². The number of carbonyl (C=O) groups is 1. The van der Waals surface area contributed by atoms with Crippen molar-refractivity contribution < 1.29 is 10.0 Å². The second kappa shape index (κ2) is 6.40. The molecule has 21 heavy (non-hydrogen) atoms. The predicted molar refractivity (Wildman–Crippen MR) is 80.2 cm³/mol. The molecule has 0 atom stereocenters. The number of anilines is 1. The molecule has 2 heterocycles. The van der Waals surface area contributed by atoms with E-state index in [-0.39, 0.29) is 5.91 Å². The van der Waals surface area contributed by atoms with Gasteiger partial charge in [0.15, 0.2) is 5.13 Å². The lowest BCUT2D eigenvalue weighted by atomic mass is 10.1. The van der Waals surface area contributed by atoms with Crippen LogP contribution in [0.25, 0.3) is 0 Å². The Morgan fingerprint density at radius 1 is 1.48 bits per heavy atom. The fourth-order valence-corrected chi connectivity index (χ4v) is 2.43. The first-order valence-corrected chi connectivity index (χ1v) is 7.22. The van der Waals surface area contributed by atoms with Crippen LogP contribution in [-0.2, 0) is 6.42 Å². The Bertz CT molecular complexity index is 696. The van der Waals surface area contributed by atoms with Crippen LogP contribution in [-0.4, -0.2) is 32.0 Å². The van der Waals surface area contributed by atoms with Crippen LogP contribution in [0.15, 0.2) is 16.6 Å². The Hall–Kier alpha value is -2.35. The monoisotopic (exact) mass is 305 g/mol. The number of nitrogens with one attached hydrogen (secondary N) is 1. The van der Waals surface area contributed by atoms with Crippen molar-refractivity contribution in [3.8, 4) is 0 Å². The van der Waals surface area contributed by atoms with Gasteiger partial charge in [-0.2, -0.15) is 10.2 Å². The number of carbonyl (C=O) groups excluding carboxylic acids is 1. The number of nitrogens with zero attached hydrogens (tertiary/aromatic N) is 4. The van der Waals surface area contributed by atoms with Gasteiger partial charge in [-0.15, -0.1) is 11.3 Å². The zero-order valence-corrected chi connectivity index (χ0v) is 12.7. The second-order valence-corrected chi connectivity index (χ2v) is 5.24. The average molecular weight is 305 g/mol. The molecular weight excluding hydrogens is 290 g/mol. The van der Waals surface area contributed by atoms with Gasteiger partial charge in [-0.3, -0.25) is 10.1 Å². The van der Waals surface area contributed by atoms with Gasteiger partial charge < -0.3 is 5.21 Å². The summed E-state index contributed by atoms with van der Waals surface area (Å²) in [5.74, 6) is -0.274. The summed E-state index contributed by atoms with van der Waals surface area (Å²) in [6.45, 7) is 5.33. The van der Waals surface area contributed by atoms with Gasteiger partial charge in [0.1, 0.15) is 11.4 Å². The lowest BCUT2D eigenvalue weighted by Gasteiger charge is -2.06. The molecule has 2 rings (SSSR count). The molecule has 0 saturated heterocycles. The molecule has 2 aromatic heterocycles. The van der Waals surface area contributed by atoms with Gasteiger partial charge in [0.2, 0.25) is 0 Å². The number of rotatable bonds is 4. The van der Waals surface area contributed by atoms with Gasteiger partial charge in [-0.05, 0) is 26.3 Å². The smallest absolute Gasteiger partial charge is 0.259 e. The number of thiazole rings is 1. The average Bonchev–Trinajstić information content (AvgIpc) is 2.94. The van der Waals surface area contributed by atoms with Crippen molar-refractivity contribution in [1.82, 2.24) is 15.2 Å². The normalized spacial score (nSPS) is 11.5. The summed E-state index contributed by atoms with van der Waals surface area (Å²) < 4.78 is 0. The maximum absolute atomic E-state index is 12.3. The van der Waals surface area contributed by atoms with Crippen LogP contribution >= 0.6 is 11.3 Å².